The van der Waals surface area contributed by atoms with Crippen LogP contribution < -0.4 is 10.6 Å². The van der Waals surface area contributed by atoms with Crippen LogP contribution in [0.3, 0.4) is 0 Å². The standard InChI is InChI=1S/C11H24N2OS/c1-5-12-10(3)6-11(14)13-7-9(2)8-15-4/h9-10,12H,5-8H2,1-4H3,(H,13,14). The zero-order valence-electron chi connectivity index (χ0n) is 10.3. The lowest BCUT2D eigenvalue weighted by atomic mass is 10.2. The molecular weight excluding hydrogens is 208 g/mol. The molecule has 0 aliphatic carbocycles. The van der Waals surface area contributed by atoms with Crippen molar-refractivity contribution in [2.24, 2.45) is 5.92 Å². The Morgan fingerprint density at radius 1 is 1.40 bits per heavy atom. The smallest absolute Gasteiger partial charge is 0.221 e. The molecule has 0 aromatic carbocycles. The third-order valence-corrected chi connectivity index (χ3v) is 3.05. The van der Waals surface area contributed by atoms with Crippen molar-refractivity contribution in [3.05, 3.63) is 0 Å². The fraction of sp³-hybridized carbons (Fsp3) is 0.909. The highest BCUT2D eigenvalue weighted by molar-refractivity contribution is 7.98. The summed E-state index contributed by atoms with van der Waals surface area (Å²) in [7, 11) is 0. The minimum atomic E-state index is 0.149. The SMILES string of the molecule is CCNC(C)CC(=O)NCC(C)CSC. The Labute approximate surface area is 97.8 Å². The molecule has 0 spiro atoms. The van der Waals surface area contributed by atoms with Gasteiger partial charge in [-0.3, -0.25) is 4.79 Å². The van der Waals surface area contributed by atoms with Crippen molar-refractivity contribution in [3.63, 3.8) is 0 Å². The van der Waals surface area contributed by atoms with Gasteiger partial charge in [-0.15, -0.1) is 0 Å². The summed E-state index contributed by atoms with van der Waals surface area (Å²) < 4.78 is 0. The van der Waals surface area contributed by atoms with Gasteiger partial charge in [0.25, 0.3) is 0 Å². The van der Waals surface area contributed by atoms with Crippen LogP contribution in [0.25, 0.3) is 0 Å². The maximum Gasteiger partial charge on any atom is 0.221 e. The van der Waals surface area contributed by atoms with Gasteiger partial charge in [-0.2, -0.15) is 11.8 Å². The number of carbonyl (C=O) groups is 1. The van der Waals surface area contributed by atoms with Crippen LogP contribution in [-0.2, 0) is 4.79 Å². The van der Waals surface area contributed by atoms with E-state index in [1.165, 1.54) is 0 Å². The molecule has 0 aliphatic heterocycles. The summed E-state index contributed by atoms with van der Waals surface area (Å²) in [6, 6.07) is 0.269. The Kier molecular flexibility index (Phi) is 8.91. The molecule has 0 saturated heterocycles. The molecule has 0 bridgehead atoms. The average Bonchev–Trinajstić information content (AvgIpc) is 2.15. The van der Waals surface area contributed by atoms with E-state index in [2.05, 4.69) is 30.7 Å². The zero-order valence-corrected chi connectivity index (χ0v) is 11.1. The molecule has 0 radical (unpaired) electrons. The van der Waals surface area contributed by atoms with E-state index in [4.69, 9.17) is 0 Å². The summed E-state index contributed by atoms with van der Waals surface area (Å²) in [4.78, 5) is 11.5. The number of carbonyl (C=O) groups excluding carboxylic acids is 1. The van der Waals surface area contributed by atoms with Gasteiger partial charge >= 0.3 is 0 Å². The highest BCUT2D eigenvalue weighted by Gasteiger charge is 2.08. The lowest BCUT2D eigenvalue weighted by Gasteiger charge is -2.14. The molecule has 2 unspecified atom stereocenters. The Morgan fingerprint density at radius 2 is 2.07 bits per heavy atom. The van der Waals surface area contributed by atoms with Crippen molar-refractivity contribution in [1.29, 1.82) is 0 Å². The highest BCUT2D eigenvalue weighted by Crippen LogP contribution is 2.02. The van der Waals surface area contributed by atoms with Crippen LogP contribution in [0.1, 0.15) is 27.2 Å². The quantitative estimate of drug-likeness (QED) is 0.666. The predicted molar refractivity (Wildman–Crippen MR) is 68.3 cm³/mol. The van der Waals surface area contributed by atoms with Crippen LogP contribution >= 0.6 is 11.8 Å². The summed E-state index contributed by atoms with van der Waals surface area (Å²) in [6.07, 6.45) is 2.66. The van der Waals surface area contributed by atoms with Gasteiger partial charge in [-0.1, -0.05) is 13.8 Å². The highest BCUT2D eigenvalue weighted by atomic mass is 32.2. The Morgan fingerprint density at radius 3 is 2.60 bits per heavy atom. The first-order valence-electron chi connectivity index (χ1n) is 5.59. The van der Waals surface area contributed by atoms with Crippen molar-refractivity contribution in [2.45, 2.75) is 33.2 Å². The number of hydrogen-bond donors (Lipinski definition) is 2. The zero-order chi connectivity index (χ0) is 11.7. The summed E-state index contributed by atoms with van der Waals surface area (Å²) in [6.45, 7) is 7.95. The Balaban J connectivity index is 3.56. The van der Waals surface area contributed by atoms with Gasteiger partial charge < -0.3 is 10.6 Å². The van der Waals surface area contributed by atoms with E-state index in [1.54, 1.807) is 0 Å². The predicted octanol–water partition coefficient (Wildman–Crippen LogP) is 1.49. The molecule has 15 heavy (non-hydrogen) atoms. The monoisotopic (exact) mass is 232 g/mol. The number of rotatable bonds is 8. The molecule has 0 saturated carbocycles. The third kappa shape index (κ3) is 8.75. The van der Waals surface area contributed by atoms with Crippen LogP contribution in [-0.4, -0.2) is 37.0 Å². The largest absolute Gasteiger partial charge is 0.356 e. The van der Waals surface area contributed by atoms with Gasteiger partial charge in [0.1, 0.15) is 0 Å². The molecule has 2 atom stereocenters. The lowest BCUT2D eigenvalue weighted by Crippen LogP contribution is -2.35. The molecule has 0 aliphatic rings. The molecule has 2 N–H and O–H groups in total. The molecule has 90 valence electrons. The molecule has 3 nitrogen and oxygen atoms in total. The maximum atomic E-state index is 11.5. The molecule has 4 heteroatoms. The van der Waals surface area contributed by atoms with Crippen LogP contribution in [0.4, 0.5) is 0 Å². The van der Waals surface area contributed by atoms with Crippen LogP contribution in [0, 0.1) is 5.92 Å². The first-order valence-corrected chi connectivity index (χ1v) is 6.98. The second kappa shape index (κ2) is 9.04. The Hall–Kier alpha value is -0.220. The summed E-state index contributed by atoms with van der Waals surface area (Å²) in [5.74, 6) is 1.80. The van der Waals surface area contributed by atoms with E-state index >= 15 is 0 Å². The number of nitrogens with one attached hydrogen (secondary N) is 2. The van der Waals surface area contributed by atoms with Gasteiger partial charge in [0.15, 0.2) is 0 Å². The number of amides is 1. The Bertz CT molecular complexity index is 176. The molecule has 0 heterocycles. The van der Waals surface area contributed by atoms with Crippen molar-refractivity contribution in [2.75, 3.05) is 25.1 Å². The van der Waals surface area contributed by atoms with Crippen molar-refractivity contribution in [3.8, 4) is 0 Å². The second-order valence-corrected chi connectivity index (χ2v) is 4.94. The summed E-state index contributed by atoms with van der Waals surface area (Å²) >= 11 is 1.82. The summed E-state index contributed by atoms with van der Waals surface area (Å²) in [5, 5.41) is 6.19. The van der Waals surface area contributed by atoms with Gasteiger partial charge in [-0.05, 0) is 31.4 Å². The maximum absolute atomic E-state index is 11.5. The average molecular weight is 232 g/mol. The van der Waals surface area contributed by atoms with E-state index in [0.29, 0.717) is 12.3 Å². The fourth-order valence-electron chi connectivity index (χ4n) is 1.40. The molecular formula is C11H24N2OS. The van der Waals surface area contributed by atoms with E-state index in [0.717, 1.165) is 18.8 Å². The summed E-state index contributed by atoms with van der Waals surface area (Å²) in [5.41, 5.74) is 0. The minimum Gasteiger partial charge on any atom is -0.356 e. The topological polar surface area (TPSA) is 41.1 Å². The first kappa shape index (κ1) is 14.8. The molecule has 0 rings (SSSR count). The van der Waals surface area contributed by atoms with Gasteiger partial charge in [-0.25, -0.2) is 0 Å². The minimum absolute atomic E-state index is 0.149. The van der Waals surface area contributed by atoms with Gasteiger partial charge in [0.05, 0.1) is 0 Å². The molecule has 0 aromatic rings. The van der Waals surface area contributed by atoms with Crippen LogP contribution in [0.2, 0.25) is 0 Å². The van der Waals surface area contributed by atoms with Crippen LogP contribution in [0.5, 0.6) is 0 Å². The normalized spacial score (nSPS) is 14.7. The third-order valence-electron chi connectivity index (χ3n) is 2.14. The van der Waals surface area contributed by atoms with Crippen molar-refractivity contribution >= 4 is 17.7 Å². The number of thioether (sulfide) groups is 1. The number of hydrogen-bond acceptors (Lipinski definition) is 3. The van der Waals surface area contributed by atoms with Gasteiger partial charge in [0.2, 0.25) is 5.91 Å². The molecule has 0 aromatic heterocycles. The first-order chi connectivity index (χ1) is 7.10. The van der Waals surface area contributed by atoms with E-state index in [9.17, 15) is 4.79 Å². The molecule has 0 fully saturated rings. The lowest BCUT2D eigenvalue weighted by molar-refractivity contribution is -0.121. The van der Waals surface area contributed by atoms with E-state index in [1.807, 2.05) is 18.7 Å². The second-order valence-electron chi connectivity index (χ2n) is 4.03. The van der Waals surface area contributed by atoms with Crippen molar-refractivity contribution < 1.29 is 4.79 Å². The van der Waals surface area contributed by atoms with E-state index < -0.39 is 0 Å². The van der Waals surface area contributed by atoms with Crippen LogP contribution in [0.15, 0.2) is 0 Å². The fourth-order valence-corrected chi connectivity index (χ4v) is 2.09. The van der Waals surface area contributed by atoms with Gasteiger partial charge in [0, 0.05) is 19.0 Å². The van der Waals surface area contributed by atoms with Crippen molar-refractivity contribution in [1.82, 2.24) is 10.6 Å². The van der Waals surface area contributed by atoms with E-state index in [-0.39, 0.29) is 11.9 Å². The molecule has 1 amide bonds.